The molecule has 3 rings (SSSR count). The number of esters is 1. The number of amides is 1. The smallest absolute Gasteiger partial charge is 0.338 e. The molecular formula is C24H24N2O5S. The molecule has 0 aliphatic heterocycles. The third-order valence-corrected chi connectivity index (χ3v) is 6.21. The Balaban J connectivity index is 1.65. The predicted octanol–water partition coefficient (Wildman–Crippen LogP) is 4.00. The average Bonchev–Trinajstić information content (AvgIpc) is 2.80. The molecule has 0 spiro atoms. The summed E-state index contributed by atoms with van der Waals surface area (Å²) in [4.78, 5) is 26.4. The van der Waals surface area contributed by atoms with Gasteiger partial charge in [-0.05, 0) is 62.4 Å². The molecule has 0 saturated heterocycles. The summed E-state index contributed by atoms with van der Waals surface area (Å²) >= 11 is 0. The molecule has 166 valence electrons. The summed E-state index contributed by atoms with van der Waals surface area (Å²) in [7, 11) is -2.21. The summed E-state index contributed by atoms with van der Waals surface area (Å²) in [6.07, 6.45) is -1.01. The maximum atomic E-state index is 12.6. The second-order valence-corrected chi connectivity index (χ2v) is 8.96. The number of hydrogen-bond donors (Lipinski definition) is 1. The first-order chi connectivity index (χ1) is 15.2. The van der Waals surface area contributed by atoms with Crippen LogP contribution in [0.5, 0.6) is 0 Å². The van der Waals surface area contributed by atoms with Gasteiger partial charge in [0.2, 0.25) is 0 Å². The van der Waals surface area contributed by atoms with E-state index in [4.69, 9.17) is 4.74 Å². The molecule has 3 aromatic rings. The summed E-state index contributed by atoms with van der Waals surface area (Å²) < 4.78 is 32.9. The lowest BCUT2D eigenvalue weighted by Gasteiger charge is -2.21. The number of nitrogens with one attached hydrogen (secondary N) is 1. The molecule has 1 N–H and O–H groups in total. The topological polar surface area (TPSA) is 92.8 Å². The van der Waals surface area contributed by atoms with Crippen LogP contribution in [0.2, 0.25) is 0 Å². The number of anilines is 2. The van der Waals surface area contributed by atoms with Crippen molar-refractivity contribution in [3.63, 3.8) is 0 Å². The summed E-state index contributed by atoms with van der Waals surface area (Å²) in [5.41, 5.74) is 2.27. The van der Waals surface area contributed by atoms with Crippen LogP contribution in [-0.4, -0.2) is 33.4 Å². The molecular weight excluding hydrogens is 428 g/mol. The molecule has 0 bridgehead atoms. The Morgan fingerprint density at radius 1 is 0.906 bits per heavy atom. The number of aryl methyl sites for hydroxylation is 1. The van der Waals surface area contributed by atoms with Gasteiger partial charge in [0.15, 0.2) is 6.10 Å². The lowest BCUT2D eigenvalue weighted by molar-refractivity contribution is -0.126. The first-order valence-electron chi connectivity index (χ1n) is 9.90. The van der Waals surface area contributed by atoms with Gasteiger partial charge in [0.1, 0.15) is 0 Å². The monoisotopic (exact) mass is 452 g/mol. The zero-order chi connectivity index (χ0) is 23.3. The molecule has 1 unspecified atom stereocenters. The van der Waals surface area contributed by atoms with Gasteiger partial charge in [-0.1, -0.05) is 35.9 Å². The van der Waals surface area contributed by atoms with Crippen molar-refractivity contribution in [2.75, 3.05) is 16.7 Å². The number of para-hydroxylation sites is 1. The van der Waals surface area contributed by atoms with Crippen LogP contribution in [-0.2, 0) is 19.6 Å². The molecule has 32 heavy (non-hydrogen) atoms. The molecule has 1 atom stereocenters. The van der Waals surface area contributed by atoms with Gasteiger partial charge in [-0.25, -0.2) is 13.2 Å². The van der Waals surface area contributed by atoms with Crippen LogP contribution >= 0.6 is 0 Å². The summed E-state index contributed by atoms with van der Waals surface area (Å²) in [5.74, 6) is -1.10. The normalized spacial score (nSPS) is 12.0. The van der Waals surface area contributed by atoms with Gasteiger partial charge in [-0.2, -0.15) is 0 Å². The van der Waals surface area contributed by atoms with Gasteiger partial charge in [0.05, 0.1) is 10.5 Å². The van der Waals surface area contributed by atoms with E-state index in [0.717, 1.165) is 5.56 Å². The number of sulfonamides is 1. The summed E-state index contributed by atoms with van der Waals surface area (Å²) in [6.45, 7) is 3.40. The SMILES string of the molecule is Cc1ccc(NS(=O)(=O)c2ccc(C(=O)OC(C)C(=O)N(C)c3ccccc3)cc2)cc1. The van der Waals surface area contributed by atoms with Crippen LogP contribution < -0.4 is 9.62 Å². The number of rotatable bonds is 7. The van der Waals surface area contributed by atoms with Crippen LogP contribution in [0.25, 0.3) is 0 Å². The predicted molar refractivity (Wildman–Crippen MR) is 123 cm³/mol. The molecule has 8 heteroatoms. The second-order valence-electron chi connectivity index (χ2n) is 7.28. The second kappa shape index (κ2) is 9.65. The highest BCUT2D eigenvalue weighted by Crippen LogP contribution is 2.18. The van der Waals surface area contributed by atoms with Crippen molar-refractivity contribution in [1.29, 1.82) is 0 Å². The fourth-order valence-electron chi connectivity index (χ4n) is 2.94. The average molecular weight is 453 g/mol. The van der Waals surface area contributed by atoms with Gasteiger partial charge >= 0.3 is 5.97 Å². The number of ether oxygens (including phenoxy) is 1. The molecule has 0 saturated carbocycles. The van der Waals surface area contributed by atoms with Gasteiger partial charge in [0.25, 0.3) is 15.9 Å². The maximum Gasteiger partial charge on any atom is 0.338 e. The van der Waals surface area contributed by atoms with Crippen LogP contribution in [0.4, 0.5) is 11.4 Å². The Labute approximate surface area is 187 Å². The van der Waals surface area contributed by atoms with Gasteiger partial charge < -0.3 is 9.64 Å². The molecule has 0 radical (unpaired) electrons. The number of benzene rings is 3. The van der Waals surface area contributed by atoms with Gasteiger partial charge in [0, 0.05) is 18.4 Å². The number of nitrogens with zero attached hydrogens (tertiary/aromatic N) is 1. The van der Waals surface area contributed by atoms with E-state index in [-0.39, 0.29) is 16.4 Å². The van der Waals surface area contributed by atoms with Gasteiger partial charge in [-0.3, -0.25) is 9.52 Å². The van der Waals surface area contributed by atoms with Crippen molar-refractivity contribution in [3.8, 4) is 0 Å². The molecule has 1 amide bonds. The zero-order valence-electron chi connectivity index (χ0n) is 18.0. The minimum atomic E-state index is -3.81. The molecule has 0 aromatic heterocycles. The van der Waals surface area contributed by atoms with Crippen LogP contribution in [0, 0.1) is 6.92 Å². The molecule has 7 nitrogen and oxygen atoms in total. The minimum absolute atomic E-state index is 0.00237. The van der Waals surface area contributed by atoms with E-state index < -0.39 is 22.1 Å². The molecule has 0 aliphatic carbocycles. The zero-order valence-corrected chi connectivity index (χ0v) is 18.8. The van der Waals surface area contributed by atoms with E-state index in [1.165, 1.54) is 36.1 Å². The summed E-state index contributed by atoms with van der Waals surface area (Å²) in [5, 5.41) is 0. The van der Waals surface area contributed by atoms with Gasteiger partial charge in [-0.15, -0.1) is 0 Å². The number of carbonyl (C=O) groups excluding carboxylic acids is 2. The third-order valence-electron chi connectivity index (χ3n) is 4.81. The highest BCUT2D eigenvalue weighted by atomic mass is 32.2. The van der Waals surface area contributed by atoms with E-state index in [0.29, 0.717) is 11.4 Å². The summed E-state index contributed by atoms with van der Waals surface area (Å²) in [6, 6.07) is 21.3. The first-order valence-corrected chi connectivity index (χ1v) is 11.4. The Kier molecular flexibility index (Phi) is 6.95. The van der Waals surface area contributed by atoms with Crippen molar-refractivity contribution in [1.82, 2.24) is 0 Å². The van der Waals surface area contributed by atoms with E-state index >= 15 is 0 Å². The third kappa shape index (κ3) is 5.53. The number of likely N-dealkylation sites (N-methyl/N-ethyl adjacent to an activating group) is 1. The van der Waals surface area contributed by atoms with Crippen LogP contribution in [0.15, 0.2) is 83.8 Å². The first kappa shape index (κ1) is 23.0. The molecule has 0 heterocycles. The Bertz CT molecular complexity index is 1190. The van der Waals surface area contributed by atoms with E-state index in [1.54, 1.807) is 55.6 Å². The quantitative estimate of drug-likeness (QED) is 0.547. The van der Waals surface area contributed by atoms with Crippen molar-refractivity contribution < 1.29 is 22.7 Å². The Hall–Kier alpha value is -3.65. The highest BCUT2D eigenvalue weighted by Gasteiger charge is 2.23. The standard InChI is InChI=1S/C24H24N2O5S/c1-17-9-13-20(14-10-17)25-32(29,30)22-15-11-19(12-16-22)24(28)31-18(2)23(27)26(3)21-7-5-4-6-8-21/h4-16,18,25H,1-3H3. The van der Waals surface area contributed by atoms with Crippen molar-refractivity contribution in [2.45, 2.75) is 24.8 Å². The van der Waals surface area contributed by atoms with E-state index in [1.807, 2.05) is 13.0 Å². The van der Waals surface area contributed by atoms with Crippen LogP contribution in [0.1, 0.15) is 22.8 Å². The van der Waals surface area contributed by atoms with E-state index in [9.17, 15) is 18.0 Å². The van der Waals surface area contributed by atoms with Crippen LogP contribution in [0.3, 0.4) is 0 Å². The molecule has 3 aromatic carbocycles. The Morgan fingerprint density at radius 3 is 2.09 bits per heavy atom. The fraction of sp³-hybridized carbons (Fsp3) is 0.167. The maximum absolute atomic E-state index is 12.6. The number of hydrogen-bond acceptors (Lipinski definition) is 5. The van der Waals surface area contributed by atoms with E-state index in [2.05, 4.69) is 4.72 Å². The lowest BCUT2D eigenvalue weighted by Crippen LogP contribution is -2.37. The van der Waals surface area contributed by atoms with Crippen molar-refractivity contribution in [3.05, 3.63) is 90.0 Å². The molecule has 0 fully saturated rings. The largest absolute Gasteiger partial charge is 0.449 e. The Morgan fingerprint density at radius 2 is 1.50 bits per heavy atom. The molecule has 0 aliphatic rings. The minimum Gasteiger partial charge on any atom is -0.449 e. The lowest BCUT2D eigenvalue weighted by atomic mass is 10.2. The van der Waals surface area contributed by atoms with Crippen molar-refractivity contribution in [2.24, 2.45) is 0 Å². The van der Waals surface area contributed by atoms with Crippen molar-refractivity contribution >= 4 is 33.3 Å². The fourth-order valence-corrected chi connectivity index (χ4v) is 4.00. The highest BCUT2D eigenvalue weighted by molar-refractivity contribution is 7.92. The number of carbonyl (C=O) groups is 2.